The molecule has 0 aliphatic heterocycles. The fourth-order valence-electron chi connectivity index (χ4n) is 1.01. The number of rotatable bonds is 4. The second kappa shape index (κ2) is 7.98. The van der Waals surface area contributed by atoms with E-state index in [1.54, 1.807) is 27.4 Å². The molecule has 1 N–H and O–H groups in total. The lowest BCUT2D eigenvalue weighted by Crippen LogP contribution is -2.06. The summed E-state index contributed by atoms with van der Waals surface area (Å²) in [7, 11) is 1.03. The minimum atomic E-state index is -3.67. The fraction of sp³-hybridized carbons (Fsp3) is 0.500. The number of methoxy groups -OCH3 is 3. The van der Waals surface area contributed by atoms with Crippen LogP contribution < -0.4 is 4.74 Å². The molecule has 0 saturated heterocycles. The summed E-state index contributed by atoms with van der Waals surface area (Å²) in [6, 6.07) is 5.43. The first kappa shape index (κ1) is 16.8. The SMILES string of the molecule is COc1cccc(C(OC)OC)n1.CS(=O)(=O)O. The van der Waals surface area contributed by atoms with Crippen LogP contribution in [0, 0.1) is 0 Å². The van der Waals surface area contributed by atoms with Crippen LogP contribution in [0.25, 0.3) is 0 Å². The molecule has 18 heavy (non-hydrogen) atoms. The molecule has 0 fully saturated rings. The van der Waals surface area contributed by atoms with Crippen LogP contribution in [-0.2, 0) is 19.6 Å². The van der Waals surface area contributed by atoms with E-state index in [4.69, 9.17) is 18.8 Å². The largest absolute Gasteiger partial charge is 0.481 e. The highest BCUT2D eigenvalue weighted by molar-refractivity contribution is 7.85. The number of aromatic nitrogens is 1. The lowest BCUT2D eigenvalue weighted by atomic mass is 10.3. The van der Waals surface area contributed by atoms with Crippen LogP contribution in [0.15, 0.2) is 18.2 Å². The van der Waals surface area contributed by atoms with E-state index < -0.39 is 16.4 Å². The zero-order valence-electron chi connectivity index (χ0n) is 10.7. The molecule has 0 aliphatic carbocycles. The Labute approximate surface area is 106 Å². The van der Waals surface area contributed by atoms with Crippen molar-refractivity contribution in [2.24, 2.45) is 0 Å². The van der Waals surface area contributed by atoms with E-state index in [2.05, 4.69) is 4.98 Å². The minimum absolute atomic E-state index is 0.435. The lowest BCUT2D eigenvalue weighted by molar-refractivity contribution is -0.108. The molecule has 0 amide bonds. The molecule has 0 aliphatic rings. The normalized spacial score (nSPS) is 10.8. The molecule has 0 radical (unpaired) electrons. The smallest absolute Gasteiger partial charge is 0.261 e. The molecule has 7 nitrogen and oxygen atoms in total. The van der Waals surface area contributed by atoms with E-state index in [0.29, 0.717) is 17.8 Å². The molecular formula is C10H17NO6S. The topological polar surface area (TPSA) is 95.0 Å². The van der Waals surface area contributed by atoms with Crippen molar-refractivity contribution in [3.8, 4) is 5.88 Å². The van der Waals surface area contributed by atoms with Gasteiger partial charge < -0.3 is 14.2 Å². The number of hydrogen-bond acceptors (Lipinski definition) is 6. The van der Waals surface area contributed by atoms with Gasteiger partial charge in [0.15, 0.2) is 0 Å². The van der Waals surface area contributed by atoms with Crippen molar-refractivity contribution in [3.63, 3.8) is 0 Å². The van der Waals surface area contributed by atoms with Crippen molar-refractivity contribution in [1.29, 1.82) is 0 Å². The summed E-state index contributed by atoms with van der Waals surface area (Å²) >= 11 is 0. The Morgan fingerprint density at radius 3 is 2.11 bits per heavy atom. The molecule has 1 heterocycles. The van der Waals surface area contributed by atoms with E-state index in [1.807, 2.05) is 12.1 Å². The monoisotopic (exact) mass is 279 g/mol. The van der Waals surface area contributed by atoms with Crippen molar-refractivity contribution in [3.05, 3.63) is 23.9 Å². The Morgan fingerprint density at radius 1 is 1.22 bits per heavy atom. The zero-order valence-corrected chi connectivity index (χ0v) is 11.5. The molecule has 0 bridgehead atoms. The Bertz CT molecular complexity index is 435. The first-order chi connectivity index (χ1) is 8.31. The minimum Gasteiger partial charge on any atom is -0.481 e. The van der Waals surface area contributed by atoms with Gasteiger partial charge in [-0.15, -0.1) is 0 Å². The van der Waals surface area contributed by atoms with Gasteiger partial charge in [-0.25, -0.2) is 4.98 Å². The van der Waals surface area contributed by atoms with E-state index in [0.717, 1.165) is 0 Å². The van der Waals surface area contributed by atoms with Gasteiger partial charge in [0.2, 0.25) is 12.2 Å². The molecular weight excluding hydrogens is 262 g/mol. The molecule has 1 rings (SSSR count). The second-order valence-electron chi connectivity index (χ2n) is 3.14. The quantitative estimate of drug-likeness (QED) is 0.645. The predicted molar refractivity (Wildman–Crippen MR) is 65.0 cm³/mol. The van der Waals surface area contributed by atoms with E-state index in [9.17, 15) is 8.42 Å². The van der Waals surface area contributed by atoms with Gasteiger partial charge in [-0.2, -0.15) is 8.42 Å². The van der Waals surface area contributed by atoms with Crippen molar-refractivity contribution < 1.29 is 27.2 Å². The number of ether oxygens (including phenoxy) is 3. The van der Waals surface area contributed by atoms with Crippen molar-refractivity contribution in [2.45, 2.75) is 6.29 Å². The van der Waals surface area contributed by atoms with Gasteiger partial charge in [0.1, 0.15) is 5.69 Å². The Hall–Kier alpha value is -1.22. The van der Waals surface area contributed by atoms with E-state index in [1.165, 1.54) is 0 Å². The molecule has 0 aromatic carbocycles. The molecule has 0 atom stereocenters. The highest BCUT2D eigenvalue weighted by Crippen LogP contribution is 2.17. The molecule has 104 valence electrons. The maximum atomic E-state index is 9.19. The number of nitrogens with zero attached hydrogens (tertiary/aromatic N) is 1. The summed E-state index contributed by atoms with van der Waals surface area (Å²) in [4.78, 5) is 4.16. The average Bonchev–Trinajstić information content (AvgIpc) is 2.29. The van der Waals surface area contributed by atoms with Crippen LogP contribution in [0.3, 0.4) is 0 Å². The highest BCUT2D eigenvalue weighted by atomic mass is 32.2. The van der Waals surface area contributed by atoms with Crippen LogP contribution >= 0.6 is 0 Å². The van der Waals surface area contributed by atoms with Crippen LogP contribution in [0.4, 0.5) is 0 Å². The third-order valence-corrected chi connectivity index (χ3v) is 1.62. The molecule has 0 spiro atoms. The Balaban J connectivity index is 0.000000494. The summed E-state index contributed by atoms with van der Waals surface area (Å²) < 4.78 is 40.9. The van der Waals surface area contributed by atoms with Crippen molar-refractivity contribution >= 4 is 10.1 Å². The highest BCUT2D eigenvalue weighted by Gasteiger charge is 2.10. The number of hydrogen-bond donors (Lipinski definition) is 1. The summed E-state index contributed by atoms with van der Waals surface area (Å²) in [5, 5.41) is 0. The molecule has 0 unspecified atom stereocenters. The van der Waals surface area contributed by atoms with E-state index >= 15 is 0 Å². The van der Waals surface area contributed by atoms with Crippen LogP contribution in [0.1, 0.15) is 12.0 Å². The predicted octanol–water partition coefficient (Wildman–Crippen LogP) is 0.886. The molecule has 0 saturated carbocycles. The first-order valence-corrected chi connectivity index (χ1v) is 6.65. The van der Waals surface area contributed by atoms with Gasteiger partial charge in [-0.1, -0.05) is 6.07 Å². The molecule has 1 aromatic heterocycles. The average molecular weight is 279 g/mol. The van der Waals surface area contributed by atoms with Gasteiger partial charge in [0.25, 0.3) is 10.1 Å². The van der Waals surface area contributed by atoms with Crippen LogP contribution in [0.2, 0.25) is 0 Å². The summed E-state index contributed by atoms with van der Waals surface area (Å²) in [5.41, 5.74) is 0.698. The fourth-order valence-corrected chi connectivity index (χ4v) is 1.01. The van der Waals surface area contributed by atoms with E-state index in [-0.39, 0.29) is 0 Å². The molecule has 8 heteroatoms. The van der Waals surface area contributed by atoms with Gasteiger partial charge in [0.05, 0.1) is 13.4 Å². The standard InChI is InChI=1S/C9H13NO3.CH4O3S/c1-11-8-6-4-5-7(10-8)9(12-2)13-3;1-5(2,3)4/h4-6,9H,1-3H3;1H3,(H,2,3,4). The Morgan fingerprint density at radius 2 is 1.72 bits per heavy atom. The van der Waals surface area contributed by atoms with Gasteiger partial charge in [-0.3, -0.25) is 4.55 Å². The number of pyridine rings is 1. The maximum absolute atomic E-state index is 9.19. The van der Waals surface area contributed by atoms with Crippen molar-refractivity contribution in [2.75, 3.05) is 27.6 Å². The third-order valence-electron chi connectivity index (χ3n) is 1.62. The Kier molecular flexibility index (Phi) is 7.44. The summed E-state index contributed by atoms with van der Waals surface area (Å²) in [5.74, 6) is 0.552. The van der Waals surface area contributed by atoms with Crippen LogP contribution in [-0.4, -0.2) is 45.5 Å². The lowest BCUT2D eigenvalue weighted by Gasteiger charge is -2.12. The van der Waals surface area contributed by atoms with Crippen molar-refractivity contribution in [1.82, 2.24) is 4.98 Å². The zero-order chi connectivity index (χ0) is 14.2. The summed E-state index contributed by atoms with van der Waals surface area (Å²) in [6.07, 6.45) is 0.280. The van der Waals surface area contributed by atoms with Gasteiger partial charge in [0, 0.05) is 20.3 Å². The molecule has 1 aromatic rings. The second-order valence-corrected chi connectivity index (χ2v) is 4.61. The van der Waals surface area contributed by atoms with Crippen LogP contribution in [0.5, 0.6) is 5.88 Å². The maximum Gasteiger partial charge on any atom is 0.261 e. The third kappa shape index (κ3) is 7.96. The summed E-state index contributed by atoms with van der Waals surface area (Å²) in [6.45, 7) is 0. The van der Waals surface area contributed by atoms with Gasteiger partial charge in [-0.05, 0) is 6.07 Å². The first-order valence-electron chi connectivity index (χ1n) is 4.80. The van der Waals surface area contributed by atoms with Gasteiger partial charge >= 0.3 is 0 Å².